The maximum Gasteiger partial charge on any atom is 0.0640 e. The molecule has 1 aliphatic carbocycles. The summed E-state index contributed by atoms with van der Waals surface area (Å²) in [5, 5.41) is 1.16. The molecule has 0 heterocycles. The lowest BCUT2D eigenvalue weighted by molar-refractivity contribution is -0.0291. The van der Waals surface area contributed by atoms with E-state index >= 15 is 0 Å². The zero-order valence-corrected chi connectivity index (χ0v) is 12.5. The third-order valence-electron chi connectivity index (χ3n) is 3.72. The van der Waals surface area contributed by atoms with Crippen molar-refractivity contribution in [2.75, 3.05) is 6.61 Å². The molecule has 0 aliphatic heterocycles. The van der Waals surface area contributed by atoms with Crippen LogP contribution in [0.25, 0.3) is 0 Å². The topological polar surface area (TPSA) is 47.3 Å². The van der Waals surface area contributed by atoms with E-state index in [9.17, 15) is 0 Å². The summed E-state index contributed by atoms with van der Waals surface area (Å²) in [7, 11) is 0. The molecule has 0 radical (unpaired) electrons. The van der Waals surface area contributed by atoms with Gasteiger partial charge in [-0.15, -0.1) is 0 Å². The molecule has 5 heteroatoms. The van der Waals surface area contributed by atoms with Crippen molar-refractivity contribution in [3.05, 3.63) is 33.8 Å². The first-order valence-corrected chi connectivity index (χ1v) is 7.42. The molecule has 0 amide bonds. The van der Waals surface area contributed by atoms with Crippen LogP contribution in [0, 0.1) is 5.92 Å². The fraction of sp³-hybridized carbons (Fsp3) is 0.571. The third-order valence-corrected chi connectivity index (χ3v) is 4.56. The van der Waals surface area contributed by atoms with Crippen molar-refractivity contribution in [3.8, 4) is 0 Å². The summed E-state index contributed by atoms with van der Waals surface area (Å²) in [4.78, 5) is 0. The zero-order valence-electron chi connectivity index (χ0n) is 11.0. The molecule has 1 aliphatic rings. The van der Waals surface area contributed by atoms with E-state index in [2.05, 4.69) is 5.43 Å². The molecule has 2 rings (SSSR count). The SMILES string of the molecule is CCOC1CC(CC(NN)c2cccc(Cl)c2Cl)C1. The standard InChI is InChI=1S/C14H20Cl2N2O/c1-2-19-10-6-9(7-10)8-13(18-17)11-4-3-5-12(15)14(11)16/h3-5,9-10,13,18H,2,6-8,17H2,1H3. The van der Waals surface area contributed by atoms with E-state index < -0.39 is 0 Å². The molecule has 1 atom stereocenters. The molecule has 19 heavy (non-hydrogen) atoms. The van der Waals surface area contributed by atoms with Crippen LogP contribution in [0.1, 0.15) is 37.8 Å². The summed E-state index contributed by atoms with van der Waals surface area (Å²) in [6.07, 6.45) is 3.58. The van der Waals surface area contributed by atoms with Crippen LogP contribution in [-0.4, -0.2) is 12.7 Å². The van der Waals surface area contributed by atoms with Crippen LogP contribution in [0.4, 0.5) is 0 Å². The molecular formula is C14H20Cl2N2O. The van der Waals surface area contributed by atoms with Gasteiger partial charge in [0, 0.05) is 12.6 Å². The monoisotopic (exact) mass is 302 g/mol. The minimum atomic E-state index is 0.0405. The summed E-state index contributed by atoms with van der Waals surface area (Å²) >= 11 is 12.3. The minimum Gasteiger partial charge on any atom is -0.378 e. The van der Waals surface area contributed by atoms with Gasteiger partial charge in [0.1, 0.15) is 0 Å². The molecule has 106 valence electrons. The Balaban J connectivity index is 1.96. The van der Waals surface area contributed by atoms with Crippen LogP contribution in [0.15, 0.2) is 18.2 Å². The number of hydrazine groups is 1. The molecule has 0 spiro atoms. The van der Waals surface area contributed by atoms with Gasteiger partial charge in [0.05, 0.1) is 16.1 Å². The highest BCUT2D eigenvalue weighted by Gasteiger charge is 2.32. The Morgan fingerprint density at radius 1 is 1.42 bits per heavy atom. The number of halogens is 2. The highest BCUT2D eigenvalue weighted by Crippen LogP contribution is 2.39. The van der Waals surface area contributed by atoms with Crippen molar-refractivity contribution in [2.24, 2.45) is 11.8 Å². The van der Waals surface area contributed by atoms with Crippen molar-refractivity contribution in [1.82, 2.24) is 5.43 Å². The van der Waals surface area contributed by atoms with E-state index in [-0.39, 0.29) is 6.04 Å². The fourth-order valence-corrected chi connectivity index (χ4v) is 3.09. The molecule has 1 unspecified atom stereocenters. The summed E-state index contributed by atoms with van der Waals surface area (Å²) in [5.41, 5.74) is 3.82. The first-order chi connectivity index (χ1) is 9.15. The van der Waals surface area contributed by atoms with Gasteiger partial charge in [-0.25, -0.2) is 0 Å². The number of rotatable bonds is 6. The van der Waals surface area contributed by atoms with Gasteiger partial charge in [-0.2, -0.15) is 0 Å². The van der Waals surface area contributed by atoms with Crippen LogP contribution in [-0.2, 0) is 4.74 Å². The second kappa shape index (κ2) is 6.91. The molecule has 1 saturated carbocycles. The predicted molar refractivity (Wildman–Crippen MR) is 79.3 cm³/mol. The number of hydrogen-bond acceptors (Lipinski definition) is 3. The Labute approximate surface area is 124 Å². The number of benzene rings is 1. The fourth-order valence-electron chi connectivity index (χ4n) is 2.65. The molecule has 3 nitrogen and oxygen atoms in total. The molecule has 1 fully saturated rings. The van der Waals surface area contributed by atoms with E-state index in [1.807, 2.05) is 19.1 Å². The van der Waals surface area contributed by atoms with E-state index in [1.54, 1.807) is 6.07 Å². The van der Waals surface area contributed by atoms with Gasteiger partial charge in [0.25, 0.3) is 0 Å². The summed E-state index contributed by atoms with van der Waals surface area (Å²) in [6.45, 7) is 2.82. The number of nitrogens with two attached hydrogens (primary N) is 1. The quantitative estimate of drug-likeness (QED) is 0.622. The summed E-state index contributed by atoms with van der Waals surface area (Å²) in [6, 6.07) is 5.70. The van der Waals surface area contributed by atoms with Gasteiger partial charge >= 0.3 is 0 Å². The Kier molecular flexibility index (Phi) is 5.48. The van der Waals surface area contributed by atoms with Gasteiger partial charge in [-0.05, 0) is 43.7 Å². The van der Waals surface area contributed by atoms with Crippen LogP contribution >= 0.6 is 23.2 Å². The second-order valence-corrected chi connectivity index (χ2v) is 5.80. The molecule has 3 N–H and O–H groups in total. The Bertz CT molecular complexity index is 422. The first-order valence-electron chi connectivity index (χ1n) is 6.67. The normalized spacial score (nSPS) is 24.0. The number of ether oxygens (including phenoxy) is 1. The highest BCUT2D eigenvalue weighted by atomic mass is 35.5. The highest BCUT2D eigenvalue weighted by molar-refractivity contribution is 6.42. The predicted octanol–water partition coefficient (Wildman–Crippen LogP) is 3.70. The summed E-state index contributed by atoms with van der Waals surface area (Å²) < 4.78 is 5.57. The third kappa shape index (κ3) is 3.61. The average molecular weight is 303 g/mol. The zero-order chi connectivity index (χ0) is 13.8. The van der Waals surface area contributed by atoms with Gasteiger partial charge in [-0.3, -0.25) is 11.3 Å². The lowest BCUT2D eigenvalue weighted by Crippen LogP contribution is -2.36. The molecule has 0 aromatic heterocycles. The maximum absolute atomic E-state index is 6.24. The van der Waals surface area contributed by atoms with Crippen molar-refractivity contribution in [3.63, 3.8) is 0 Å². The number of nitrogens with one attached hydrogen (secondary N) is 1. The van der Waals surface area contributed by atoms with E-state index in [1.165, 1.54) is 0 Å². The smallest absolute Gasteiger partial charge is 0.0640 e. The van der Waals surface area contributed by atoms with Crippen LogP contribution < -0.4 is 11.3 Å². The Morgan fingerprint density at radius 3 is 2.79 bits per heavy atom. The van der Waals surface area contributed by atoms with Crippen LogP contribution in [0.2, 0.25) is 10.0 Å². The van der Waals surface area contributed by atoms with Gasteiger partial charge in [0.2, 0.25) is 0 Å². The van der Waals surface area contributed by atoms with Crippen molar-refractivity contribution < 1.29 is 4.74 Å². The first kappa shape index (κ1) is 15.1. The van der Waals surface area contributed by atoms with Crippen LogP contribution in [0.5, 0.6) is 0 Å². The molecule has 0 saturated heterocycles. The van der Waals surface area contributed by atoms with E-state index in [0.29, 0.717) is 22.1 Å². The van der Waals surface area contributed by atoms with Crippen LogP contribution in [0.3, 0.4) is 0 Å². The average Bonchev–Trinajstić information content (AvgIpc) is 2.36. The molecule has 0 bridgehead atoms. The van der Waals surface area contributed by atoms with Crippen molar-refractivity contribution in [1.29, 1.82) is 0 Å². The molecule has 1 aromatic rings. The van der Waals surface area contributed by atoms with Crippen molar-refractivity contribution in [2.45, 2.75) is 38.3 Å². The lowest BCUT2D eigenvalue weighted by Gasteiger charge is -2.37. The van der Waals surface area contributed by atoms with E-state index in [0.717, 1.165) is 31.4 Å². The maximum atomic E-state index is 6.24. The number of hydrogen-bond donors (Lipinski definition) is 2. The van der Waals surface area contributed by atoms with Crippen molar-refractivity contribution >= 4 is 23.2 Å². The van der Waals surface area contributed by atoms with Gasteiger partial charge < -0.3 is 4.74 Å². The van der Waals surface area contributed by atoms with E-state index in [4.69, 9.17) is 33.8 Å². The Morgan fingerprint density at radius 2 is 2.16 bits per heavy atom. The Hall–Kier alpha value is -0.320. The summed E-state index contributed by atoms with van der Waals surface area (Å²) in [5.74, 6) is 6.29. The molecular weight excluding hydrogens is 283 g/mol. The van der Waals surface area contributed by atoms with Gasteiger partial charge in [0.15, 0.2) is 0 Å². The van der Waals surface area contributed by atoms with Gasteiger partial charge in [-0.1, -0.05) is 35.3 Å². The molecule has 1 aromatic carbocycles. The minimum absolute atomic E-state index is 0.0405. The lowest BCUT2D eigenvalue weighted by atomic mass is 9.77. The largest absolute Gasteiger partial charge is 0.378 e. The second-order valence-electron chi connectivity index (χ2n) is 5.01.